The Hall–Kier alpha value is -2.15. The third kappa shape index (κ3) is 3.05. The first-order valence-electron chi connectivity index (χ1n) is 8.99. The van der Waals surface area contributed by atoms with Gasteiger partial charge in [0.1, 0.15) is 5.82 Å². The molecule has 2 N–H and O–H groups in total. The van der Waals surface area contributed by atoms with E-state index in [1.807, 2.05) is 6.07 Å². The first kappa shape index (κ1) is 17.3. The molecule has 4 rings (SSSR count). The number of aryl methyl sites for hydroxylation is 1. The standard InChI is InChI=1S/C18H22ClN5O2/c1-18(2,9-19)16(26)21-14-8-13(10-6-7-10)23-24(14)17-20-12-5-3-4-11(12)15(25)22-17/h8,10H,3-7,9H2,1-2H3,(H,21,26)(H,20,22,25). The molecule has 1 fully saturated rings. The maximum atomic E-state index is 12.6. The minimum atomic E-state index is -0.713. The molecule has 0 bridgehead atoms. The van der Waals surface area contributed by atoms with Crippen molar-refractivity contribution in [2.24, 2.45) is 5.41 Å². The third-order valence-electron chi connectivity index (χ3n) is 5.04. The van der Waals surface area contributed by atoms with Gasteiger partial charge in [-0.3, -0.25) is 14.6 Å². The lowest BCUT2D eigenvalue weighted by molar-refractivity contribution is -0.123. The summed E-state index contributed by atoms with van der Waals surface area (Å²) in [6.07, 6.45) is 4.67. The first-order valence-corrected chi connectivity index (χ1v) is 9.52. The summed E-state index contributed by atoms with van der Waals surface area (Å²) in [5.74, 6) is 1.28. The van der Waals surface area contributed by atoms with E-state index in [0.29, 0.717) is 17.7 Å². The normalized spacial score (nSPS) is 16.6. The number of aromatic amines is 1. The van der Waals surface area contributed by atoms with Gasteiger partial charge in [-0.15, -0.1) is 11.6 Å². The molecule has 0 radical (unpaired) electrons. The maximum Gasteiger partial charge on any atom is 0.255 e. The van der Waals surface area contributed by atoms with Crippen molar-refractivity contribution < 1.29 is 4.79 Å². The number of nitrogens with zero attached hydrogens (tertiary/aromatic N) is 3. The number of hydrogen-bond acceptors (Lipinski definition) is 4. The highest BCUT2D eigenvalue weighted by Crippen LogP contribution is 2.40. The SMILES string of the molecule is CC(C)(CCl)C(=O)Nc1cc(C2CC2)nn1-c1nc2c(c(=O)[nH]1)CCC2. The Balaban J connectivity index is 1.75. The fourth-order valence-electron chi connectivity index (χ4n) is 3.10. The van der Waals surface area contributed by atoms with Gasteiger partial charge in [0.15, 0.2) is 0 Å². The predicted molar refractivity (Wildman–Crippen MR) is 99.1 cm³/mol. The van der Waals surface area contributed by atoms with Gasteiger partial charge in [0.05, 0.1) is 16.8 Å². The second kappa shape index (κ2) is 6.23. The quantitative estimate of drug-likeness (QED) is 0.785. The van der Waals surface area contributed by atoms with Crippen LogP contribution in [-0.2, 0) is 17.6 Å². The molecule has 0 aromatic carbocycles. The number of rotatable bonds is 5. The van der Waals surface area contributed by atoms with Crippen LogP contribution < -0.4 is 10.9 Å². The molecule has 0 saturated heterocycles. The van der Waals surface area contributed by atoms with Gasteiger partial charge >= 0.3 is 0 Å². The molecule has 138 valence electrons. The number of carbonyl (C=O) groups is 1. The minimum Gasteiger partial charge on any atom is -0.310 e. The molecule has 0 atom stereocenters. The Kier molecular flexibility index (Phi) is 4.14. The summed E-state index contributed by atoms with van der Waals surface area (Å²) in [5, 5.41) is 7.51. The lowest BCUT2D eigenvalue weighted by Crippen LogP contribution is -2.33. The van der Waals surface area contributed by atoms with Crippen LogP contribution in [0.3, 0.4) is 0 Å². The maximum absolute atomic E-state index is 12.6. The lowest BCUT2D eigenvalue weighted by Gasteiger charge is -2.20. The summed E-state index contributed by atoms with van der Waals surface area (Å²) in [4.78, 5) is 32.3. The molecular weight excluding hydrogens is 354 g/mol. The number of anilines is 1. The van der Waals surface area contributed by atoms with Crippen molar-refractivity contribution >= 4 is 23.3 Å². The van der Waals surface area contributed by atoms with Crippen LogP contribution in [0.2, 0.25) is 0 Å². The fraction of sp³-hybridized carbons (Fsp3) is 0.556. The zero-order valence-corrected chi connectivity index (χ0v) is 15.7. The molecule has 7 nitrogen and oxygen atoms in total. The number of fused-ring (bicyclic) bond motifs is 1. The van der Waals surface area contributed by atoms with Gasteiger partial charge in [-0.05, 0) is 46.0 Å². The van der Waals surface area contributed by atoms with Gasteiger partial charge < -0.3 is 5.32 Å². The van der Waals surface area contributed by atoms with Crippen molar-refractivity contribution in [1.29, 1.82) is 0 Å². The number of nitrogens with one attached hydrogen (secondary N) is 2. The predicted octanol–water partition coefficient (Wildman–Crippen LogP) is 2.53. The summed E-state index contributed by atoms with van der Waals surface area (Å²) >= 11 is 5.92. The van der Waals surface area contributed by atoms with Crippen molar-refractivity contribution in [1.82, 2.24) is 19.7 Å². The average Bonchev–Trinajstić information content (AvgIpc) is 3.19. The van der Waals surface area contributed by atoms with Crippen LogP contribution >= 0.6 is 11.6 Å². The van der Waals surface area contributed by atoms with Gasteiger partial charge in [-0.25, -0.2) is 4.98 Å². The van der Waals surface area contributed by atoms with Crippen LogP contribution in [0.15, 0.2) is 10.9 Å². The summed E-state index contributed by atoms with van der Waals surface area (Å²) in [7, 11) is 0. The smallest absolute Gasteiger partial charge is 0.255 e. The van der Waals surface area contributed by atoms with Crippen LogP contribution in [-0.4, -0.2) is 31.5 Å². The Morgan fingerprint density at radius 1 is 1.42 bits per heavy atom. The first-order chi connectivity index (χ1) is 12.4. The van der Waals surface area contributed by atoms with Crippen molar-refractivity contribution in [3.63, 3.8) is 0 Å². The number of H-pyrrole nitrogens is 1. The van der Waals surface area contributed by atoms with E-state index in [0.717, 1.165) is 49.1 Å². The molecule has 1 saturated carbocycles. The number of carbonyl (C=O) groups excluding carboxylic acids is 1. The van der Waals surface area contributed by atoms with Crippen molar-refractivity contribution in [3.05, 3.63) is 33.4 Å². The Morgan fingerprint density at radius 3 is 2.88 bits per heavy atom. The zero-order chi connectivity index (χ0) is 18.5. The van der Waals surface area contributed by atoms with E-state index < -0.39 is 5.41 Å². The second-order valence-corrected chi connectivity index (χ2v) is 8.05. The van der Waals surface area contributed by atoms with E-state index in [-0.39, 0.29) is 17.3 Å². The number of aromatic nitrogens is 4. The second-order valence-electron chi connectivity index (χ2n) is 7.78. The van der Waals surface area contributed by atoms with Crippen molar-refractivity contribution in [3.8, 4) is 5.95 Å². The van der Waals surface area contributed by atoms with Gasteiger partial charge in [0, 0.05) is 23.4 Å². The van der Waals surface area contributed by atoms with Crippen LogP contribution in [0, 0.1) is 5.41 Å². The van der Waals surface area contributed by atoms with Crippen LogP contribution in [0.4, 0.5) is 5.82 Å². The largest absolute Gasteiger partial charge is 0.310 e. The molecule has 1 amide bonds. The number of hydrogen-bond donors (Lipinski definition) is 2. The Bertz CT molecular complexity index is 926. The molecule has 2 aromatic heterocycles. The molecule has 2 aliphatic carbocycles. The molecule has 0 aliphatic heterocycles. The topological polar surface area (TPSA) is 92.7 Å². The summed E-state index contributed by atoms with van der Waals surface area (Å²) in [6.45, 7) is 3.57. The monoisotopic (exact) mass is 375 g/mol. The summed E-state index contributed by atoms with van der Waals surface area (Å²) in [6, 6.07) is 1.87. The molecule has 2 aromatic rings. The van der Waals surface area contributed by atoms with Crippen LogP contribution in [0.5, 0.6) is 0 Å². The third-order valence-corrected chi connectivity index (χ3v) is 5.71. The Morgan fingerprint density at radius 2 is 2.19 bits per heavy atom. The molecule has 2 aliphatic rings. The van der Waals surface area contributed by atoms with E-state index in [1.54, 1.807) is 13.8 Å². The van der Waals surface area contributed by atoms with Gasteiger partial charge in [-0.1, -0.05) is 0 Å². The van der Waals surface area contributed by atoms with E-state index in [2.05, 4.69) is 20.4 Å². The fourth-order valence-corrected chi connectivity index (χ4v) is 3.22. The highest BCUT2D eigenvalue weighted by Gasteiger charge is 2.31. The summed E-state index contributed by atoms with van der Waals surface area (Å²) in [5.41, 5.74) is 1.66. The van der Waals surface area contributed by atoms with Gasteiger partial charge in [0.2, 0.25) is 11.9 Å². The van der Waals surface area contributed by atoms with E-state index >= 15 is 0 Å². The van der Waals surface area contributed by atoms with Gasteiger partial charge in [0.25, 0.3) is 5.56 Å². The molecule has 0 spiro atoms. The lowest BCUT2D eigenvalue weighted by atomic mass is 9.95. The number of halogens is 1. The van der Waals surface area contributed by atoms with E-state index in [4.69, 9.17) is 11.6 Å². The highest BCUT2D eigenvalue weighted by atomic mass is 35.5. The number of alkyl halides is 1. The minimum absolute atomic E-state index is 0.121. The van der Waals surface area contributed by atoms with Crippen molar-refractivity contribution in [2.75, 3.05) is 11.2 Å². The van der Waals surface area contributed by atoms with E-state index in [1.165, 1.54) is 4.68 Å². The van der Waals surface area contributed by atoms with Crippen LogP contribution in [0.1, 0.15) is 56.0 Å². The Labute approximate surface area is 156 Å². The molecular formula is C18H22ClN5O2. The molecule has 2 heterocycles. The molecule has 26 heavy (non-hydrogen) atoms. The number of amides is 1. The zero-order valence-electron chi connectivity index (χ0n) is 14.9. The average molecular weight is 376 g/mol. The van der Waals surface area contributed by atoms with Gasteiger partial charge in [-0.2, -0.15) is 9.78 Å². The highest BCUT2D eigenvalue weighted by molar-refractivity contribution is 6.20. The molecule has 8 heteroatoms. The van der Waals surface area contributed by atoms with E-state index in [9.17, 15) is 9.59 Å². The summed E-state index contributed by atoms with van der Waals surface area (Å²) < 4.78 is 1.54. The van der Waals surface area contributed by atoms with Crippen molar-refractivity contribution in [2.45, 2.75) is 51.9 Å². The molecule has 0 unspecified atom stereocenters. The van der Waals surface area contributed by atoms with Crippen LogP contribution in [0.25, 0.3) is 5.95 Å².